The lowest BCUT2D eigenvalue weighted by atomic mass is 10.2. The number of benzene rings is 1. The Hall–Kier alpha value is -2.97. The molecule has 0 spiro atoms. The van der Waals surface area contributed by atoms with Gasteiger partial charge in [0.15, 0.2) is 12.5 Å². The summed E-state index contributed by atoms with van der Waals surface area (Å²) in [6.07, 6.45) is 1.34. The van der Waals surface area contributed by atoms with Gasteiger partial charge in [-0.1, -0.05) is 16.8 Å². The van der Waals surface area contributed by atoms with Crippen LogP contribution in [0.1, 0.15) is 16.4 Å². The molecule has 9 heteroatoms. The second-order valence-electron chi connectivity index (χ2n) is 4.81. The van der Waals surface area contributed by atoms with Crippen LogP contribution in [0.5, 0.6) is 5.75 Å². The van der Waals surface area contributed by atoms with Gasteiger partial charge < -0.3 is 19.1 Å². The number of pyridine rings is 1. The molecule has 2 heterocycles. The van der Waals surface area contributed by atoms with Gasteiger partial charge in [0.05, 0.1) is 0 Å². The Kier molecular flexibility index (Phi) is 5.22. The Morgan fingerprint density at radius 3 is 2.80 bits per heavy atom. The number of nitrogens with zero attached hydrogens (tertiary/aromatic N) is 3. The fraction of sp³-hybridized carbons (Fsp3) is 0.125. The zero-order chi connectivity index (χ0) is 17.6. The molecule has 0 atom stereocenters. The largest absolute Gasteiger partial charge is 0.477 e. The van der Waals surface area contributed by atoms with Crippen molar-refractivity contribution in [3.05, 3.63) is 59.2 Å². The molecule has 128 valence electrons. The van der Waals surface area contributed by atoms with Crippen molar-refractivity contribution in [2.24, 2.45) is 0 Å². The van der Waals surface area contributed by atoms with Crippen LogP contribution < -0.4 is 4.74 Å². The molecule has 0 aliphatic heterocycles. The molecule has 0 aliphatic carbocycles. The van der Waals surface area contributed by atoms with Crippen LogP contribution in [0.3, 0.4) is 0 Å². The van der Waals surface area contributed by atoms with Gasteiger partial charge in [0.25, 0.3) is 5.89 Å². The van der Waals surface area contributed by atoms with Crippen LogP contribution in [0, 0.1) is 0 Å². The molecule has 0 radical (unpaired) electrons. The van der Waals surface area contributed by atoms with E-state index in [-0.39, 0.29) is 25.0 Å². The van der Waals surface area contributed by atoms with E-state index in [0.717, 1.165) is 5.56 Å². The maximum absolute atomic E-state index is 10.8. The van der Waals surface area contributed by atoms with Crippen LogP contribution in [0.25, 0.3) is 11.4 Å². The number of hydrogen-bond donors (Lipinski definition) is 1. The Morgan fingerprint density at radius 1 is 1.24 bits per heavy atom. The highest BCUT2D eigenvalue weighted by Gasteiger charge is 2.09. The highest BCUT2D eigenvalue weighted by molar-refractivity contribution is 6.30. The van der Waals surface area contributed by atoms with Crippen LogP contribution in [-0.4, -0.2) is 33.0 Å². The predicted octanol–water partition coefficient (Wildman–Crippen LogP) is 3.04. The monoisotopic (exact) mass is 361 g/mol. The van der Waals surface area contributed by atoms with Gasteiger partial charge in [0.2, 0.25) is 5.82 Å². The minimum absolute atomic E-state index is 0.0530. The summed E-state index contributed by atoms with van der Waals surface area (Å²) in [5.41, 5.74) is 0.663. The van der Waals surface area contributed by atoms with Crippen molar-refractivity contribution in [3.8, 4) is 17.1 Å². The molecule has 0 amide bonds. The van der Waals surface area contributed by atoms with Crippen LogP contribution in [0.4, 0.5) is 0 Å². The van der Waals surface area contributed by atoms with E-state index in [1.165, 1.54) is 18.3 Å². The van der Waals surface area contributed by atoms with Crippen molar-refractivity contribution in [3.63, 3.8) is 0 Å². The first kappa shape index (κ1) is 16.9. The average molecular weight is 362 g/mol. The van der Waals surface area contributed by atoms with Crippen LogP contribution in [0.2, 0.25) is 5.02 Å². The van der Waals surface area contributed by atoms with Crippen molar-refractivity contribution < 1.29 is 23.9 Å². The lowest BCUT2D eigenvalue weighted by Crippen LogP contribution is -2.05. The lowest BCUT2D eigenvalue weighted by molar-refractivity contribution is -0.00547. The van der Waals surface area contributed by atoms with Gasteiger partial charge in [0.1, 0.15) is 12.4 Å². The highest BCUT2D eigenvalue weighted by Crippen LogP contribution is 2.19. The third kappa shape index (κ3) is 4.52. The minimum Gasteiger partial charge on any atom is -0.477 e. The van der Waals surface area contributed by atoms with Gasteiger partial charge in [-0.15, -0.1) is 0 Å². The molecule has 3 aromatic rings. The maximum Gasteiger partial charge on any atom is 0.354 e. The fourth-order valence-electron chi connectivity index (χ4n) is 1.89. The smallest absolute Gasteiger partial charge is 0.354 e. The van der Waals surface area contributed by atoms with Gasteiger partial charge in [-0.25, -0.2) is 9.78 Å². The quantitative estimate of drug-likeness (QED) is 0.505. The minimum atomic E-state index is -1.13. The predicted molar refractivity (Wildman–Crippen MR) is 86.2 cm³/mol. The van der Waals surface area contributed by atoms with E-state index in [0.29, 0.717) is 16.6 Å². The molecule has 25 heavy (non-hydrogen) atoms. The summed E-state index contributed by atoms with van der Waals surface area (Å²) in [5, 5.41) is 13.3. The third-order valence-corrected chi connectivity index (χ3v) is 3.31. The molecule has 0 unspecified atom stereocenters. The van der Waals surface area contributed by atoms with Crippen molar-refractivity contribution >= 4 is 17.6 Å². The Labute approximate surface area is 147 Å². The Balaban J connectivity index is 1.50. The van der Waals surface area contributed by atoms with E-state index in [1.54, 1.807) is 24.3 Å². The van der Waals surface area contributed by atoms with Crippen molar-refractivity contribution in [2.75, 3.05) is 6.79 Å². The summed E-state index contributed by atoms with van der Waals surface area (Å²) in [6.45, 7) is -0.0564. The number of carboxylic acid groups (broad SMARTS) is 1. The summed E-state index contributed by atoms with van der Waals surface area (Å²) < 4.78 is 15.7. The first-order valence-electron chi connectivity index (χ1n) is 7.10. The summed E-state index contributed by atoms with van der Waals surface area (Å²) >= 11 is 5.83. The Morgan fingerprint density at radius 2 is 2.04 bits per heavy atom. The zero-order valence-corrected chi connectivity index (χ0v) is 13.5. The van der Waals surface area contributed by atoms with E-state index in [2.05, 4.69) is 15.1 Å². The van der Waals surface area contributed by atoms with Crippen molar-refractivity contribution in [2.45, 2.75) is 6.61 Å². The number of halogens is 1. The van der Waals surface area contributed by atoms with E-state index < -0.39 is 5.97 Å². The van der Waals surface area contributed by atoms with E-state index in [1.807, 2.05) is 0 Å². The van der Waals surface area contributed by atoms with E-state index in [9.17, 15) is 4.79 Å². The van der Waals surface area contributed by atoms with Crippen molar-refractivity contribution in [1.82, 2.24) is 15.1 Å². The number of aromatic carboxylic acids is 1. The number of carbonyl (C=O) groups is 1. The van der Waals surface area contributed by atoms with Crippen LogP contribution >= 0.6 is 11.6 Å². The lowest BCUT2D eigenvalue weighted by Gasteiger charge is -2.05. The number of carboxylic acids is 1. The third-order valence-electron chi connectivity index (χ3n) is 3.06. The fourth-order valence-corrected chi connectivity index (χ4v) is 2.01. The van der Waals surface area contributed by atoms with Crippen LogP contribution in [0.15, 0.2) is 47.1 Å². The molecule has 8 nitrogen and oxygen atoms in total. The number of aromatic nitrogens is 3. The molecule has 1 N–H and O–H groups in total. The maximum atomic E-state index is 10.8. The normalized spacial score (nSPS) is 10.6. The van der Waals surface area contributed by atoms with Gasteiger partial charge in [-0.2, -0.15) is 4.98 Å². The van der Waals surface area contributed by atoms with E-state index >= 15 is 0 Å². The first-order chi connectivity index (χ1) is 12.1. The van der Waals surface area contributed by atoms with Gasteiger partial charge >= 0.3 is 5.97 Å². The SMILES string of the molecule is O=C(O)c1cc(OCOCc2nc(-c3ccc(Cl)cc3)no2)ccn1. The number of ether oxygens (including phenoxy) is 2. The molecule has 0 aliphatic rings. The highest BCUT2D eigenvalue weighted by atomic mass is 35.5. The van der Waals surface area contributed by atoms with Gasteiger partial charge in [-0.3, -0.25) is 0 Å². The zero-order valence-electron chi connectivity index (χ0n) is 12.8. The topological polar surface area (TPSA) is 108 Å². The second kappa shape index (κ2) is 7.73. The standard InChI is InChI=1S/C16H12ClN3O5/c17-11-3-1-10(2-4-11)15-19-14(25-20-15)8-23-9-24-12-5-6-18-13(7-12)16(21)22/h1-7H,8-9H2,(H,21,22). The van der Waals surface area contributed by atoms with Gasteiger partial charge in [0, 0.05) is 22.8 Å². The first-order valence-corrected chi connectivity index (χ1v) is 7.48. The molecular formula is C16H12ClN3O5. The summed E-state index contributed by atoms with van der Waals surface area (Å²) in [7, 11) is 0. The van der Waals surface area contributed by atoms with Gasteiger partial charge in [-0.05, 0) is 30.3 Å². The van der Waals surface area contributed by atoms with E-state index in [4.69, 9.17) is 30.7 Å². The molecule has 1 aromatic carbocycles. The molecule has 0 fully saturated rings. The number of hydrogen-bond acceptors (Lipinski definition) is 7. The number of rotatable bonds is 7. The summed E-state index contributed by atoms with van der Waals surface area (Å²) in [5.74, 6) is -0.0855. The molecule has 0 saturated heterocycles. The molecule has 0 saturated carbocycles. The molecule has 2 aromatic heterocycles. The van der Waals surface area contributed by atoms with Crippen LogP contribution in [-0.2, 0) is 11.3 Å². The molecule has 3 rings (SSSR count). The molecular weight excluding hydrogens is 350 g/mol. The summed E-state index contributed by atoms with van der Waals surface area (Å²) in [4.78, 5) is 18.7. The molecule has 0 bridgehead atoms. The Bertz CT molecular complexity index is 866. The average Bonchev–Trinajstić information content (AvgIpc) is 3.08. The van der Waals surface area contributed by atoms with Crippen molar-refractivity contribution in [1.29, 1.82) is 0 Å². The second-order valence-corrected chi connectivity index (χ2v) is 5.25. The summed E-state index contributed by atoms with van der Waals surface area (Å²) in [6, 6.07) is 9.86.